The van der Waals surface area contributed by atoms with Crippen molar-refractivity contribution in [2.24, 2.45) is 0 Å². The van der Waals surface area contributed by atoms with Crippen LogP contribution in [0.3, 0.4) is 0 Å². The average Bonchev–Trinajstić information content (AvgIpc) is 2.75. The molecular formula is C23H24N2O2. The molecule has 0 radical (unpaired) electrons. The quantitative estimate of drug-likeness (QED) is 0.754. The van der Waals surface area contributed by atoms with E-state index in [0.717, 1.165) is 55.2 Å². The van der Waals surface area contributed by atoms with E-state index in [1.165, 1.54) is 5.56 Å². The normalized spacial score (nSPS) is 16.2. The van der Waals surface area contributed by atoms with Crippen molar-refractivity contribution in [2.45, 2.75) is 12.6 Å². The SMILES string of the molecule is OC(c1ccccc1)c1ccc(CN2CCOCC2)cc1-c1ccccn1. The van der Waals surface area contributed by atoms with Crippen molar-refractivity contribution in [1.29, 1.82) is 0 Å². The van der Waals surface area contributed by atoms with Gasteiger partial charge in [-0.15, -0.1) is 0 Å². The van der Waals surface area contributed by atoms with Crippen molar-refractivity contribution >= 4 is 0 Å². The van der Waals surface area contributed by atoms with Crippen LogP contribution in [0.1, 0.15) is 22.8 Å². The van der Waals surface area contributed by atoms with Gasteiger partial charge in [-0.05, 0) is 34.9 Å². The molecule has 0 bridgehead atoms. The van der Waals surface area contributed by atoms with Crippen LogP contribution in [-0.4, -0.2) is 41.3 Å². The maximum Gasteiger partial charge on any atom is 0.105 e. The van der Waals surface area contributed by atoms with Crippen molar-refractivity contribution in [2.75, 3.05) is 26.3 Å². The standard InChI is InChI=1S/C23H24N2O2/c26-23(19-6-2-1-3-7-19)20-10-9-18(17-25-12-14-27-15-13-25)16-21(20)22-8-4-5-11-24-22/h1-11,16,23,26H,12-15,17H2. The highest BCUT2D eigenvalue weighted by Crippen LogP contribution is 2.32. The Labute approximate surface area is 160 Å². The summed E-state index contributed by atoms with van der Waals surface area (Å²) in [5.74, 6) is 0. The fraction of sp³-hybridized carbons (Fsp3) is 0.261. The monoisotopic (exact) mass is 360 g/mol. The molecule has 1 atom stereocenters. The third-order valence-electron chi connectivity index (χ3n) is 4.98. The molecule has 0 saturated carbocycles. The first-order valence-electron chi connectivity index (χ1n) is 9.38. The molecule has 138 valence electrons. The van der Waals surface area contributed by atoms with E-state index < -0.39 is 6.10 Å². The van der Waals surface area contributed by atoms with Gasteiger partial charge in [0.25, 0.3) is 0 Å². The molecule has 2 heterocycles. The predicted molar refractivity (Wildman–Crippen MR) is 106 cm³/mol. The van der Waals surface area contributed by atoms with E-state index in [1.54, 1.807) is 6.20 Å². The first-order valence-corrected chi connectivity index (χ1v) is 9.38. The van der Waals surface area contributed by atoms with Crippen LogP contribution in [0.5, 0.6) is 0 Å². The Kier molecular flexibility index (Phi) is 5.58. The molecule has 3 aromatic rings. The number of aliphatic hydroxyl groups is 1. The van der Waals surface area contributed by atoms with Crippen molar-refractivity contribution < 1.29 is 9.84 Å². The molecule has 27 heavy (non-hydrogen) atoms. The molecule has 4 heteroatoms. The summed E-state index contributed by atoms with van der Waals surface area (Å²) in [6, 6.07) is 22.0. The van der Waals surface area contributed by atoms with Crippen LogP contribution in [0, 0.1) is 0 Å². The number of benzene rings is 2. The van der Waals surface area contributed by atoms with Crippen LogP contribution in [0.25, 0.3) is 11.3 Å². The molecule has 0 spiro atoms. The molecule has 1 aliphatic heterocycles. The van der Waals surface area contributed by atoms with Gasteiger partial charge in [0.05, 0.1) is 18.9 Å². The third kappa shape index (κ3) is 4.25. The van der Waals surface area contributed by atoms with E-state index in [4.69, 9.17) is 4.74 Å². The largest absolute Gasteiger partial charge is 0.384 e. The minimum absolute atomic E-state index is 0.680. The van der Waals surface area contributed by atoms with Gasteiger partial charge in [0.1, 0.15) is 6.10 Å². The summed E-state index contributed by atoms with van der Waals surface area (Å²) < 4.78 is 5.45. The zero-order valence-corrected chi connectivity index (χ0v) is 15.3. The molecule has 2 aromatic carbocycles. The van der Waals surface area contributed by atoms with E-state index in [0.29, 0.717) is 0 Å². The van der Waals surface area contributed by atoms with Crippen LogP contribution >= 0.6 is 0 Å². The van der Waals surface area contributed by atoms with Crippen LogP contribution in [0.2, 0.25) is 0 Å². The number of rotatable bonds is 5. The van der Waals surface area contributed by atoms with Gasteiger partial charge >= 0.3 is 0 Å². The molecule has 4 nitrogen and oxygen atoms in total. The van der Waals surface area contributed by atoms with Crippen molar-refractivity contribution in [3.05, 3.63) is 89.6 Å². The number of aromatic nitrogens is 1. The Morgan fingerprint density at radius 3 is 2.48 bits per heavy atom. The molecule has 1 saturated heterocycles. The first kappa shape index (κ1) is 17.9. The maximum atomic E-state index is 11.0. The second-order valence-corrected chi connectivity index (χ2v) is 6.84. The van der Waals surface area contributed by atoms with Crippen molar-refractivity contribution in [3.63, 3.8) is 0 Å². The summed E-state index contributed by atoms with van der Waals surface area (Å²) in [6.45, 7) is 4.36. The van der Waals surface area contributed by atoms with Gasteiger partial charge in [-0.25, -0.2) is 0 Å². The Morgan fingerprint density at radius 2 is 1.74 bits per heavy atom. The molecular weight excluding hydrogens is 336 g/mol. The summed E-state index contributed by atoms with van der Waals surface area (Å²) in [4.78, 5) is 6.93. The molecule has 1 unspecified atom stereocenters. The van der Waals surface area contributed by atoms with Gasteiger partial charge in [-0.2, -0.15) is 0 Å². The number of nitrogens with zero attached hydrogens (tertiary/aromatic N) is 2. The first-order chi connectivity index (χ1) is 13.3. The summed E-state index contributed by atoms with van der Waals surface area (Å²) >= 11 is 0. The van der Waals surface area contributed by atoms with Gasteiger partial charge in [-0.1, -0.05) is 48.5 Å². The molecule has 4 rings (SSSR count). The Bertz CT molecular complexity index is 862. The predicted octanol–water partition coefficient (Wildman–Crippen LogP) is 3.66. The Morgan fingerprint density at radius 1 is 0.963 bits per heavy atom. The Hall–Kier alpha value is -2.53. The van der Waals surface area contributed by atoms with Crippen LogP contribution in [0.4, 0.5) is 0 Å². The van der Waals surface area contributed by atoms with Crippen molar-refractivity contribution in [3.8, 4) is 11.3 Å². The maximum absolute atomic E-state index is 11.0. The molecule has 0 amide bonds. The Balaban J connectivity index is 1.70. The van der Waals surface area contributed by atoms with Crippen LogP contribution < -0.4 is 0 Å². The zero-order chi connectivity index (χ0) is 18.5. The van der Waals surface area contributed by atoms with Gasteiger partial charge < -0.3 is 9.84 Å². The minimum Gasteiger partial charge on any atom is -0.384 e. The average molecular weight is 360 g/mol. The van der Waals surface area contributed by atoms with E-state index in [1.807, 2.05) is 54.6 Å². The van der Waals surface area contributed by atoms with Crippen LogP contribution in [0.15, 0.2) is 72.9 Å². The third-order valence-corrected chi connectivity index (χ3v) is 4.98. The highest BCUT2D eigenvalue weighted by atomic mass is 16.5. The summed E-state index contributed by atoms with van der Waals surface area (Å²) in [5, 5.41) is 11.0. The zero-order valence-electron chi connectivity index (χ0n) is 15.3. The summed E-state index contributed by atoms with van der Waals surface area (Å²) in [6.07, 6.45) is 1.11. The number of morpholine rings is 1. The molecule has 1 aromatic heterocycles. The topological polar surface area (TPSA) is 45.6 Å². The van der Waals surface area contributed by atoms with E-state index >= 15 is 0 Å². The number of aliphatic hydroxyl groups excluding tert-OH is 1. The fourth-order valence-corrected chi connectivity index (χ4v) is 3.52. The lowest BCUT2D eigenvalue weighted by atomic mass is 9.93. The van der Waals surface area contributed by atoms with Gasteiger partial charge in [0.2, 0.25) is 0 Å². The number of pyridine rings is 1. The van der Waals surface area contributed by atoms with Crippen LogP contribution in [-0.2, 0) is 11.3 Å². The highest BCUT2D eigenvalue weighted by molar-refractivity contribution is 5.66. The molecule has 1 fully saturated rings. The smallest absolute Gasteiger partial charge is 0.105 e. The van der Waals surface area contributed by atoms with Gasteiger partial charge in [0.15, 0.2) is 0 Å². The molecule has 1 N–H and O–H groups in total. The number of ether oxygens (including phenoxy) is 1. The summed E-state index contributed by atoms with van der Waals surface area (Å²) in [7, 11) is 0. The second kappa shape index (κ2) is 8.44. The lowest BCUT2D eigenvalue weighted by Gasteiger charge is -2.27. The summed E-state index contributed by atoms with van der Waals surface area (Å²) in [5.41, 5.74) is 4.85. The van der Waals surface area contributed by atoms with Crippen molar-refractivity contribution in [1.82, 2.24) is 9.88 Å². The molecule has 1 aliphatic rings. The lowest BCUT2D eigenvalue weighted by Crippen LogP contribution is -2.35. The van der Waals surface area contributed by atoms with Gasteiger partial charge in [-0.3, -0.25) is 9.88 Å². The highest BCUT2D eigenvalue weighted by Gasteiger charge is 2.18. The van der Waals surface area contributed by atoms with E-state index in [9.17, 15) is 5.11 Å². The van der Waals surface area contributed by atoms with Gasteiger partial charge in [0, 0.05) is 31.4 Å². The van der Waals surface area contributed by atoms with E-state index in [-0.39, 0.29) is 0 Å². The second-order valence-electron chi connectivity index (χ2n) is 6.84. The molecule has 0 aliphatic carbocycles. The fourth-order valence-electron chi connectivity index (χ4n) is 3.52. The number of hydrogen-bond donors (Lipinski definition) is 1. The van der Waals surface area contributed by atoms with E-state index in [2.05, 4.69) is 22.0 Å². The number of hydrogen-bond acceptors (Lipinski definition) is 4. The minimum atomic E-state index is -0.680. The lowest BCUT2D eigenvalue weighted by molar-refractivity contribution is 0.0342.